The second-order valence-corrected chi connectivity index (χ2v) is 3.44. The molecule has 0 aliphatic heterocycles. The zero-order chi connectivity index (χ0) is 12.3. The van der Waals surface area contributed by atoms with E-state index in [2.05, 4.69) is 10.1 Å². The van der Waals surface area contributed by atoms with Gasteiger partial charge in [0.1, 0.15) is 17.8 Å². The molecule has 0 fully saturated rings. The van der Waals surface area contributed by atoms with Gasteiger partial charge < -0.3 is 15.2 Å². The van der Waals surface area contributed by atoms with Crippen LogP contribution >= 0.6 is 0 Å². The van der Waals surface area contributed by atoms with Crippen LogP contribution in [0.5, 0.6) is 17.5 Å². The standard InChI is InChI=1S/C11H14N4O2/c1-3-16-10-6-8(4-5-9(10)12)17-11-13-7-15(2)14-11/h4-7H,3,12H2,1-2H3. The van der Waals surface area contributed by atoms with E-state index in [0.29, 0.717) is 29.8 Å². The van der Waals surface area contributed by atoms with Gasteiger partial charge in [0, 0.05) is 13.1 Å². The minimum absolute atomic E-state index is 0.291. The Hall–Kier alpha value is -2.24. The minimum atomic E-state index is 0.291. The third-order valence-electron chi connectivity index (χ3n) is 2.07. The van der Waals surface area contributed by atoms with Crippen LogP contribution in [0, 0.1) is 0 Å². The number of hydrogen-bond acceptors (Lipinski definition) is 5. The highest BCUT2D eigenvalue weighted by molar-refractivity contribution is 5.55. The Kier molecular flexibility index (Phi) is 3.13. The Morgan fingerprint density at radius 3 is 2.88 bits per heavy atom. The molecule has 0 unspecified atom stereocenters. The molecule has 0 aliphatic rings. The summed E-state index contributed by atoms with van der Waals surface area (Å²) in [6.45, 7) is 2.45. The summed E-state index contributed by atoms with van der Waals surface area (Å²) in [4.78, 5) is 3.97. The Bertz CT molecular complexity index is 510. The average molecular weight is 234 g/mol. The molecule has 0 spiro atoms. The van der Waals surface area contributed by atoms with Gasteiger partial charge in [-0.2, -0.15) is 4.98 Å². The summed E-state index contributed by atoms with van der Waals surface area (Å²) in [5.74, 6) is 1.19. The van der Waals surface area contributed by atoms with Crippen LogP contribution in [0.1, 0.15) is 6.92 Å². The number of rotatable bonds is 4. The lowest BCUT2D eigenvalue weighted by Gasteiger charge is -2.08. The van der Waals surface area contributed by atoms with Gasteiger partial charge in [-0.25, -0.2) is 0 Å². The van der Waals surface area contributed by atoms with Crippen LogP contribution in [-0.4, -0.2) is 21.4 Å². The lowest BCUT2D eigenvalue weighted by Crippen LogP contribution is -1.97. The Labute approximate surface area is 99.0 Å². The number of nitrogens with zero attached hydrogens (tertiary/aromatic N) is 3. The van der Waals surface area contributed by atoms with Crippen LogP contribution in [-0.2, 0) is 7.05 Å². The van der Waals surface area contributed by atoms with Crippen molar-refractivity contribution in [3.63, 3.8) is 0 Å². The van der Waals surface area contributed by atoms with Crippen molar-refractivity contribution < 1.29 is 9.47 Å². The molecule has 0 bridgehead atoms. The largest absolute Gasteiger partial charge is 0.492 e. The smallest absolute Gasteiger partial charge is 0.340 e. The third kappa shape index (κ3) is 2.66. The zero-order valence-corrected chi connectivity index (χ0v) is 9.75. The molecule has 0 radical (unpaired) electrons. The minimum Gasteiger partial charge on any atom is -0.492 e. The van der Waals surface area contributed by atoms with Gasteiger partial charge in [0.25, 0.3) is 0 Å². The predicted molar refractivity (Wildman–Crippen MR) is 63.1 cm³/mol. The van der Waals surface area contributed by atoms with E-state index < -0.39 is 0 Å². The van der Waals surface area contributed by atoms with Crippen LogP contribution in [0.4, 0.5) is 5.69 Å². The van der Waals surface area contributed by atoms with Gasteiger partial charge in [0.2, 0.25) is 0 Å². The summed E-state index contributed by atoms with van der Waals surface area (Å²) in [7, 11) is 1.77. The molecule has 1 aromatic carbocycles. The van der Waals surface area contributed by atoms with Crippen molar-refractivity contribution in [3.8, 4) is 17.5 Å². The molecular formula is C11H14N4O2. The summed E-state index contributed by atoms with van der Waals surface area (Å²) < 4.78 is 12.4. The second kappa shape index (κ2) is 4.73. The number of ether oxygens (including phenoxy) is 2. The maximum Gasteiger partial charge on any atom is 0.340 e. The molecule has 0 saturated carbocycles. The quantitative estimate of drug-likeness (QED) is 0.813. The fourth-order valence-corrected chi connectivity index (χ4v) is 1.33. The van der Waals surface area contributed by atoms with Gasteiger partial charge in [0.15, 0.2) is 0 Å². The lowest BCUT2D eigenvalue weighted by atomic mass is 10.3. The van der Waals surface area contributed by atoms with Crippen LogP contribution in [0.15, 0.2) is 24.5 Å². The molecule has 1 aromatic heterocycles. The van der Waals surface area contributed by atoms with Crippen molar-refractivity contribution in [2.75, 3.05) is 12.3 Å². The molecule has 6 heteroatoms. The molecule has 2 N–H and O–H groups in total. The van der Waals surface area contributed by atoms with E-state index in [9.17, 15) is 0 Å². The first-order valence-corrected chi connectivity index (χ1v) is 5.25. The van der Waals surface area contributed by atoms with E-state index in [1.165, 1.54) is 0 Å². The molecule has 2 aromatic rings. The van der Waals surface area contributed by atoms with Crippen molar-refractivity contribution in [1.29, 1.82) is 0 Å². The summed E-state index contributed by atoms with van der Waals surface area (Å²) in [6.07, 6.45) is 1.57. The number of nitrogen functional groups attached to an aromatic ring is 1. The molecule has 17 heavy (non-hydrogen) atoms. The Balaban J connectivity index is 2.18. The molecule has 2 rings (SSSR count). The second-order valence-electron chi connectivity index (χ2n) is 3.44. The van der Waals surface area contributed by atoms with Crippen molar-refractivity contribution >= 4 is 5.69 Å². The normalized spacial score (nSPS) is 10.2. The Morgan fingerprint density at radius 1 is 1.41 bits per heavy atom. The number of hydrogen-bond donors (Lipinski definition) is 1. The van der Waals surface area contributed by atoms with Crippen LogP contribution in [0.25, 0.3) is 0 Å². The fraction of sp³-hybridized carbons (Fsp3) is 0.273. The highest BCUT2D eigenvalue weighted by atomic mass is 16.5. The van der Waals surface area contributed by atoms with Gasteiger partial charge >= 0.3 is 6.01 Å². The van der Waals surface area contributed by atoms with Gasteiger partial charge in [-0.3, -0.25) is 4.68 Å². The molecule has 90 valence electrons. The molecule has 0 atom stereocenters. The van der Waals surface area contributed by atoms with E-state index in [0.717, 1.165) is 0 Å². The zero-order valence-electron chi connectivity index (χ0n) is 9.75. The van der Waals surface area contributed by atoms with Crippen LogP contribution in [0.3, 0.4) is 0 Å². The topological polar surface area (TPSA) is 75.2 Å². The number of anilines is 1. The van der Waals surface area contributed by atoms with Crippen molar-refractivity contribution in [3.05, 3.63) is 24.5 Å². The average Bonchev–Trinajstić information content (AvgIpc) is 2.69. The fourth-order valence-electron chi connectivity index (χ4n) is 1.33. The van der Waals surface area contributed by atoms with Crippen LogP contribution < -0.4 is 15.2 Å². The molecule has 0 saturated heterocycles. The molecular weight excluding hydrogens is 220 g/mol. The van der Waals surface area contributed by atoms with Gasteiger partial charge in [-0.05, 0) is 19.1 Å². The molecule has 1 heterocycles. The SMILES string of the molecule is CCOc1cc(Oc2ncn(C)n2)ccc1N. The number of aryl methyl sites for hydroxylation is 1. The number of nitrogens with two attached hydrogens (primary N) is 1. The number of aromatic nitrogens is 3. The van der Waals surface area contributed by atoms with E-state index in [-0.39, 0.29) is 0 Å². The highest BCUT2D eigenvalue weighted by Crippen LogP contribution is 2.28. The summed E-state index contributed by atoms with van der Waals surface area (Å²) in [6, 6.07) is 5.48. The maximum absolute atomic E-state index is 5.76. The van der Waals surface area contributed by atoms with Gasteiger partial charge in [0.05, 0.1) is 12.3 Å². The van der Waals surface area contributed by atoms with Crippen molar-refractivity contribution in [2.45, 2.75) is 6.92 Å². The monoisotopic (exact) mass is 234 g/mol. The molecule has 6 nitrogen and oxygen atoms in total. The lowest BCUT2D eigenvalue weighted by molar-refractivity contribution is 0.339. The van der Waals surface area contributed by atoms with E-state index in [1.54, 1.807) is 36.3 Å². The molecule has 0 amide bonds. The first-order chi connectivity index (χ1) is 8.19. The molecule has 0 aliphatic carbocycles. The predicted octanol–water partition coefficient (Wildman–Crippen LogP) is 1.59. The highest BCUT2D eigenvalue weighted by Gasteiger charge is 2.06. The van der Waals surface area contributed by atoms with Crippen LogP contribution in [0.2, 0.25) is 0 Å². The third-order valence-corrected chi connectivity index (χ3v) is 2.07. The van der Waals surface area contributed by atoms with Gasteiger partial charge in [-0.1, -0.05) is 0 Å². The summed E-state index contributed by atoms with van der Waals surface area (Å²) in [5.41, 5.74) is 6.33. The van der Waals surface area contributed by atoms with E-state index >= 15 is 0 Å². The van der Waals surface area contributed by atoms with E-state index in [4.69, 9.17) is 15.2 Å². The summed E-state index contributed by atoms with van der Waals surface area (Å²) in [5, 5.41) is 4.02. The number of benzene rings is 1. The Morgan fingerprint density at radius 2 is 2.24 bits per heavy atom. The first kappa shape index (κ1) is 11.3. The van der Waals surface area contributed by atoms with Crippen molar-refractivity contribution in [2.24, 2.45) is 7.05 Å². The summed E-state index contributed by atoms with van der Waals surface area (Å²) >= 11 is 0. The van der Waals surface area contributed by atoms with Crippen molar-refractivity contribution in [1.82, 2.24) is 14.8 Å². The van der Waals surface area contributed by atoms with Gasteiger partial charge in [-0.15, -0.1) is 5.10 Å². The van der Waals surface area contributed by atoms with E-state index in [1.807, 2.05) is 6.92 Å². The maximum atomic E-state index is 5.76. The first-order valence-electron chi connectivity index (χ1n) is 5.25.